The summed E-state index contributed by atoms with van der Waals surface area (Å²) in [6.45, 7) is 0. The molecule has 2 rings (SSSR count). The zero-order chi connectivity index (χ0) is 10.3. The maximum Gasteiger partial charge on any atom is 0.240 e. The number of aromatic amines is 1. The lowest BCUT2D eigenvalue weighted by Crippen LogP contribution is -2.11. The first-order chi connectivity index (χ1) is 6.50. The Balaban J connectivity index is 2.94. The molecule has 5 nitrogen and oxygen atoms in total. The summed E-state index contributed by atoms with van der Waals surface area (Å²) in [6.07, 6.45) is 1.34. The number of H-pyrrole nitrogens is 1. The van der Waals surface area contributed by atoms with Gasteiger partial charge in [0, 0.05) is 22.8 Å². The van der Waals surface area contributed by atoms with Crippen LogP contribution < -0.4 is 10.9 Å². The standard InChI is InChI=1S/C8H9N3O2S/c9-5-2-1-3-6-8(5)7(4-11-6)14(10,12)13/h1-4,11H,9H2,(H2,10,12,13). The molecule has 0 saturated heterocycles. The number of primary sulfonamides is 1. The number of fused-ring (bicyclic) bond motifs is 1. The Bertz CT molecular complexity index is 586. The minimum atomic E-state index is -3.72. The van der Waals surface area contributed by atoms with E-state index < -0.39 is 10.0 Å². The molecule has 0 atom stereocenters. The molecule has 0 saturated carbocycles. The van der Waals surface area contributed by atoms with Gasteiger partial charge in [-0.2, -0.15) is 0 Å². The quantitative estimate of drug-likeness (QED) is 0.595. The molecule has 0 bridgehead atoms. The average Bonchev–Trinajstić information content (AvgIpc) is 2.47. The highest BCUT2D eigenvalue weighted by atomic mass is 32.2. The van der Waals surface area contributed by atoms with Gasteiger partial charge in [-0.05, 0) is 12.1 Å². The average molecular weight is 211 g/mol. The van der Waals surface area contributed by atoms with E-state index in [4.69, 9.17) is 10.9 Å². The van der Waals surface area contributed by atoms with Crippen molar-refractivity contribution in [2.75, 3.05) is 5.73 Å². The van der Waals surface area contributed by atoms with E-state index in [-0.39, 0.29) is 4.90 Å². The van der Waals surface area contributed by atoms with Crippen molar-refractivity contribution in [1.29, 1.82) is 0 Å². The van der Waals surface area contributed by atoms with Gasteiger partial charge in [0.15, 0.2) is 0 Å². The lowest BCUT2D eigenvalue weighted by atomic mass is 10.2. The second kappa shape index (κ2) is 2.73. The second-order valence-corrected chi connectivity index (χ2v) is 4.50. The Hall–Kier alpha value is -1.53. The smallest absolute Gasteiger partial charge is 0.240 e. The number of sulfonamides is 1. The first-order valence-corrected chi connectivity index (χ1v) is 5.43. The van der Waals surface area contributed by atoms with Crippen molar-refractivity contribution in [3.63, 3.8) is 0 Å². The van der Waals surface area contributed by atoms with E-state index in [1.807, 2.05) is 0 Å². The number of aromatic nitrogens is 1. The zero-order valence-electron chi connectivity index (χ0n) is 7.19. The molecule has 0 aliphatic carbocycles. The number of nitrogens with two attached hydrogens (primary N) is 2. The Labute approximate surface area is 80.8 Å². The summed E-state index contributed by atoms with van der Waals surface area (Å²) in [7, 11) is -3.72. The van der Waals surface area contributed by atoms with E-state index in [9.17, 15) is 8.42 Å². The van der Waals surface area contributed by atoms with Gasteiger partial charge in [0.1, 0.15) is 4.90 Å². The van der Waals surface area contributed by atoms with E-state index in [0.29, 0.717) is 16.6 Å². The SMILES string of the molecule is Nc1cccc2[nH]cc(S(N)(=O)=O)c12. The zero-order valence-corrected chi connectivity index (χ0v) is 8.01. The lowest BCUT2D eigenvalue weighted by Gasteiger charge is -1.98. The first kappa shape index (κ1) is 9.04. The maximum absolute atomic E-state index is 11.2. The number of hydrogen-bond donors (Lipinski definition) is 3. The summed E-state index contributed by atoms with van der Waals surface area (Å²) in [5.74, 6) is 0. The number of nitrogen functional groups attached to an aromatic ring is 1. The number of anilines is 1. The molecule has 0 fully saturated rings. The predicted octanol–water partition coefficient (Wildman–Crippen LogP) is 0.398. The molecule has 0 aliphatic rings. The minimum Gasteiger partial charge on any atom is -0.398 e. The Morgan fingerprint density at radius 1 is 1.29 bits per heavy atom. The van der Waals surface area contributed by atoms with Crippen molar-refractivity contribution in [2.45, 2.75) is 4.90 Å². The molecule has 1 aromatic heterocycles. The summed E-state index contributed by atoms with van der Waals surface area (Å²) < 4.78 is 22.3. The number of benzene rings is 1. The van der Waals surface area contributed by atoms with Crippen molar-refractivity contribution >= 4 is 26.6 Å². The van der Waals surface area contributed by atoms with Gasteiger partial charge < -0.3 is 10.7 Å². The minimum absolute atomic E-state index is 0.0330. The summed E-state index contributed by atoms with van der Waals surface area (Å²) in [5.41, 5.74) is 6.72. The molecule has 2 aromatic rings. The fraction of sp³-hybridized carbons (Fsp3) is 0. The molecule has 0 unspecified atom stereocenters. The van der Waals surface area contributed by atoms with Crippen LogP contribution in [0.1, 0.15) is 0 Å². The third-order valence-corrected chi connectivity index (χ3v) is 2.94. The molecule has 0 amide bonds. The van der Waals surface area contributed by atoms with Gasteiger partial charge in [-0.15, -0.1) is 0 Å². The first-order valence-electron chi connectivity index (χ1n) is 3.88. The maximum atomic E-state index is 11.2. The van der Waals surface area contributed by atoms with Crippen LogP contribution in [0.15, 0.2) is 29.3 Å². The third kappa shape index (κ3) is 1.24. The molecule has 0 aliphatic heterocycles. The fourth-order valence-electron chi connectivity index (χ4n) is 1.41. The number of rotatable bonds is 1. The molecule has 74 valence electrons. The van der Waals surface area contributed by atoms with E-state index >= 15 is 0 Å². The van der Waals surface area contributed by atoms with Crippen molar-refractivity contribution in [1.82, 2.24) is 4.98 Å². The third-order valence-electron chi connectivity index (χ3n) is 2.01. The monoisotopic (exact) mass is 211 g/mol. The second-order valence-electron chi connectivity index (χ2n) is 2.97. The largest absolute Gasteiger partial charge is 0.398 e. The Kier molecular flexibility index (Phi) is 1.76. The van der Waals surface area contributed by atoms with Crippen molar-refractivity contribution < 1.29 is 8.42 Å². The molecule has 6 heteroatoms. The molecule has 0 radical (unpaired) electrons. The van der Waals surface area contributed by atoms with E-state index in [1.54, 1.807) is 18.2 Å². The number of hydrogen-bond acceptors (Lipinski definition) is 3. The van der Waals surface area contributed by atoms with Crippen LogP contribution in [0.2, 0.25) is 0 Å². The van der Waals surface area contributed by atoms with Crippen LogP contribution in [0.3, 0.4) is 0 Å². The molecule has 1 heterocycles. The van der Waals surface area contributed by atoms with Gasteiger partial charge in [0.2, 0.25) is 10.0 Å². The van der Waals surface area contributed by atoms with E-state index in [2.05, 4.69) is 4.98 Å². The van der Waals surface area contributed by atoms with Crippen LogP contribution in [0.4, 0.5) is 5.69 Å². The van der Waals surface area contributed by atoms with Gasteiger partial charge >= 0.3 is 0 Å². The highest BCUT2D eigenvalue weighted by molar-refractivity contribution is 7.89. The van der Waals surface area contributed by atoms with Crippen molar-refractivity contribution in [3.05, 3.63) is 24.4 Å². The van der Waals surface area contributed by atoms with Gasteiger partial charge in [-0.1, -0.05) is 6.07 Å². The normalized spacial score (nSPS) is 12.1. The van der Waals surface area contributed by atoms with Crippen LogP contribution in [-0.4, -0.2) is 13.4 Å². The van der Waals surface area contributed by atoms with Gasteiger partial charge in [0.05, 0.1) is 0 Å². The van der Waals surface area contributed by atoms with Crippen molar-refractivity contribution in [2.24, 2.45) is 5.14 Å². The highest BCUT2D eigenvalue weighted by Gasteiger charge is 2.15. The molecule has 1 aromatic carbocycles. The van der Waals surface area contributed by atoms with Crippen molar-refractivity contribution in [3.8, 4) is 0 Å². The molecular weight excluding hydrogens is 202 g/mol. The highest BCUT2D eigenvalue weighted by Crippen LogP contribution is 2.26. The molecule has 5 N–H and O–H groups in total. The lowest BCUT2D eigenvalue weighted by molar-refractivity contribution is 0.598. The van der Waals surface area contributed by atoms with Crippen LogP contribution >= 0.6 is 0 Å². The van der Waals surface area contributed by atoms with Gasteiger partial charge in [-0.25, -0.2) is 13.6 Å². The van der Waals surface area contributed by atoms with Gasteiger partial charge in [0.25, 0.3) is 0 Å². The van der Waals surface area contributed by atoms with Crippen LogP contribution in [0, 0.1) is 0 Å². The summed E-state index contributed by atoms with van der Waals surface area (Å²) >= 11 is 0. The molecule has 0 spiro atoms. The van der Waals surface area contributed by atoms with Crippen LogP contribution in [-0.2, 0) is 10.0 Å². The van der Waals surface area contributed by atoms with E-state index in [0.717, 1.165) is 0 Å². The number of nitrogens with one attached hydrogen (secondary N) is 1. The van der Waals surface area contributed by atoms with Gasteiger partial charge in [-0.3, -0.25) is 0 Å². The molecule has 14 heavy (non-hydrogen) atoms. The Morgan fingerprint density at radius 2 is 2.00 bits per heavy atom. The van der Waals surface area contributed by atoms with E-state index in [1.165, 1.54) is 6.20 Å². The summed E-state index contributed by atoms with van der Waals surface area (Å²) in [4.78, 5) is 2.83. The topological polar surface area (TPSA) is 102 Å². The fourth-order valence-corrected chi connectivity index (χ4v) is 2.14. The summed E-state index contributed by atoms with van der Waals surface area (Å²) in [5, 5.41) is 5.49. The Morgan fingerprint density at radius 3 is 2.64 bits per heavy atom. The van der Waals surface area contributed by atoms with Crippen LogP contribution in [0.25, 0.3) is 10.9 Å². The van der Waals surface area contributed by atoms with Crippen LogP contribution in [0.5, 0.6) is 0 Å². The molecular formula is C8H9N3O2S. The summed E-state index contributed by atoms with van der Waals surface area (Å²) in [6, 6.07) is 5.10. The predicted molar refractivity (Wildman–Crippen MR) is 54.1 cm³/mol.